The van der Waals surface area contributed by atoms with Crippen molar-refractivity contribution in [3.63, 3.8) is 0 Å². The number of rotatable bonds is 4. The summed E-state index contributed by atoms with van der Waals surface area (Å²) in [4.78, 5) is 11.7. The van der Waals surface area contributed by atoms with Crippen LogP contribution in [0.2, 0.25) is 0 Å². The Morgan fingerprint density at radius 3 is 2.69 bits per heavy atom. The SMILES string of the molecule is CCOc1ccc(C(C)Br)c(C(=O)OC)c1. The Hall–Kier alpha value is -1.03. The summed E-state index contributed by atoms with van der Waals surface area (Å²) in [6, 6.07) is 5.43. The lowest BCUT2D eigenvalue weighted by atomic mass is 10.0. The van der Waals surface area contributed by atoms with Gasteiger partial charge in [0.2, 0.25) is 0 Å². The van der Waals surface area contributed by atoms with Gasteiger partial charge in [-0.15, -0.1) is 0 Å². The molecule has 1 atom stereocenters. The third-order valence-electron chi connectivity index (χ3n) is 2.17. The summed E-state index contributed by atoms with van der Waals surface area (Å²) in [5, 5.41) is 0. The molecular weight excluding hydrogens is 272 g/mol. The average Bonchev–Trinajstić information content (AvgIpc) is 2.28. The van der Waals surface area contributed by atoms with Crippen LogP contribution in [0.15, 0.2) is 18.2 Å². The zero-order valence-corrected chi connectivity index (χ0v) is 11.2. The molecule has 0 radical (unpaired) electrons. The maximum Gasteiger partial charge on any atom is 0.338 e. The van der Waals surface area contributed by atoms with Gasteiger partial charge < -0.3 is 9.47 Å². The van der Waals surface area contributed by atoms with Crippen LogP contribution in [0.5, 0.6) is 5.75 Å². The number of benzene rings is 1. The lowest BCUT2D eigenvalue weighted by Crippen LogP contribution is -2.07. The fraction of sp³-hybridized carbons (Fsp3) is 0.417. The van der Waals surface area contributed by atoms with Crippen LogP contribution in [0.25, 0.3) is 0 Å². The molecule has 0 N–H and O–H groups in total. The second-order valence-corrected chi connectivity index (χ2v) is 4.66. The maximum absolute atomic E-state index is 11.6. The lowest BCUT2D eigenvalue weighted by molar-refractivity contribution is 0.0599. The third kappa shape index (κ3) is 2.98. The van der Waals surface area contributed by atoms with Gasteiger partial charge in [-0.3, -0.25) is 0 Å². The van der Waals surface area contributed by atoms with Gasteiger partial charge in [0.15, 0.2) is 0 Å². The number of hydrogen-bond donors (Lipinski definition) is 0. The molecule has 3 nitrogen and oxygen atoms in total. The first-order valence-electron chi connectivity index (χ1n) is 5.09. The molecule has 0 bridgehead atoms. The van der Waals surface area contributed by atoms with Gasteiger partial charge in [0, 0.05) is 4.83 Å². The number of alkyl halides is 1. The molecule has 0 fully saturated rings. The molecule has 0 amide bonds. The van der Waals surface area contributed by atoms with Gasteiger partial charge >= 0.3 is 5.97 Å². The summed E-state index contributed by atoms with van der Waals surface area (Å²) >= 11 is 3.45. The monoisotopic (exact) mass is 286 g/mol. The zero-order chi connectivity index (χ0) is 12.1. The molecule has 1 aromatic carbocycles. The van der Waals surface area contributed by atoms with Crippen molar-refractivity contribution in [3.05, 3.63) is 29.3 Å². The van der Waals surface area contributed by atoms with Gasteiger partial charge in [-0.05, 0) is 31.5 Å². The van der Waals surface area contributed by atoms with E-state index in [4.69, 9.17) is 9.47 Å². The number of hydrogen-bond acceptors (Lipinski definition) is 3. The highest BCUT2D eigenvalue weighted by Crippen LogP contribution is 2.28. The van der Waals surface area contributed by atoms with Crippen molar-refractivity contribution in [2.45, 2.75) is 18.7 Å². The van der Waals surface area contributed by atoms with Crippen LogP contribution in [0.1, 0.15) is 34.6 Å². The maximum atomic E-state index is 11.6. The molecule has 88 valence electrons. The zero-order valence-electron chi connectivity index (χ0n) is 9.62. The number of carbonyl (C=O) groups is 1. The van der Waals surface area contributed by atoms with Crippen LogP contribution < -0.4 is 4.74 Å². The highest BCUT2D eigenvalue weighted by Gasteiger charge is 2.16. The first-order valence-corrected chi connectivity index (χ1v) is 6.00. The Morgan fingerprint density at radius 1 is 1.50 bits per heavy atom. The summed E-state index contributed by atoms with van der Waals surface area (Å²) in [7, 11) is 1.37. The van der Waals surface area contributed by atoms with Crippen LogP contribution >= 0.6 is 15.9 Å². The topological polar surface area (TPSA) is 35.5 Å². The van der Waals surface area contributed by atoms with E-state index in [1.165, 1.54) is 7.11 Å². The van der Waals surface area contributed by atoms with E-state index >= 15 is 0 Å². The minimum Gasteiger partial charge on any atom is -0.494 e. The van der Waals surface area contributed by atoms with E-state index in [2.05, 4.69) is 15.9 Å². The molecule has 0 heterocycles. The number of carbonyl (C=O) groups excluding carboxylic acids is 1. The Balaban J connectivity index is 3.15. The van der Waals surface area contributed by atoms with Gasteiger partial charge in [0.25, 0.3) is 0 Å². The normalized spacial score (nSPS) is 12.0. The Labute approximate surface area is 104 Å². The van der Waals surface area contributed by atoms with Crippen LogP contribution in [-0.4, -0.2) is 19.7 Å². The molecule has 1 unspecified atom stereocenters. The molecular formula is C12H15BrO3. The first kappa shape index (κ1) is 13.0. The molecule has 0 aliphatic carbocycles. The molecule has 0 saturated heterocycles. The molecule has 0 aromatic heterocycles. The summed E-state index contributed by atoms with van der Waals surface area (Å²) in [6.07, 6.45) is 0. The predicted molar refractivity (Wildman–Crippen MR) is 66.3 cm³/mol. The third-order valence-corrected chi connectivity index (χ3v) is 2.66. The van der Waals surface area contributed by atoms with Crippen LogP contribution in [-0.2, 0) is 4.74 Å². The van der Waals surface area contributed by atoms with E-state index in [9.17, 15) is 4.79 Å². The molecule has 1 rings (SSSR count). The minimum atomic E-state index is -0.345. The molecule has 0 aliphatic heterocycles. The van der Waals surface area contributed by atoms with E-state index in [1.54, 1.807) is 6.07 Å². The Kier molecular flexibility index (Phi) is 4.80. The second-order valence-electron chi connectivity index (χ2n) is 3.29. The molecule has 0 spiro atoms. The highest BCUT2D eigenvalue weighted by atomic mass is 79.9. The standard InChI is InChI=1S/C12H15BrO3/c1-4-16-9-5-6-10(8(2)13)11(7-9)12(14)15-3/h5-8H,4H2,1-3H3. The predicted octanol–water partition coefficient (Wildman–Crippen LogP) is 3.33. The summed E-state index contributed by atoms with van der Waals surface area (Å²) < 4.78 is 10.1. The second kappa shape index (κ2) is 5.89. The van der Waals surface area contributed by atoms with Crippen molar-refractivity contribution >= 4 is 21.9 Å². The van der Waals surface area contributed by atoms with Crippen LogP contribution in [0.3, 0.4) is 0 Å². The van der Waals surface area contributed by atoms with Crippen molar-refractivity contribution in [3.8, 4) is 5.75 Å². The van der Waals surface area contributed by atoms with E-state index in [0.717, 1.165) is 5.56 Å². The molecule has 0 saturated carbocycles. The molecule has 16 heavy (non-hydrogen) atoms. The Morgan fingerprint density at radius 2 is 2.19 bits per heavy atom. The fourth-order valence-corrected chi connectivity index (χ4v) is 1.82. The summed E-state index contributed by atoms with van der Waals surface area (Å²) in [5.74, 6) is 0.336. The minimum absolute atomic E-state index is 0.0947. The Bertz CT molecular complexity index is 375. The molecule has 0 aliphatic rings. The molecule has 4 heteroatoms. The van der Waals surface area contributed by atoms with Gasteiger partial charge in [-0.2, -0.15) is 0 Å². The van der Waals surface area contributed by atoms with Gasteiger partial charge in [0.05, 0.1) is 19.3 Å². The summed E-state index contributed by atoms with van der Waals surface area (Å²) in [6.45, 7) is 4.44. The first-order chi connectivity index (χ1) is 7.60. The lowest BCUT2D eigenvalue weighted by Gasteiger charge is -2.12. The largest absolute Gasteiger partial charge is 0.494 e. The van der Waals surface area contributed by atoms with Crippen molar-refractivity contribution in [1.82, 2.24) is 0 Å². The smallest absolute Gasteiger partial charge is 0.338 e. The highest BCUT2D eigenvalue weighted by molar-refractivity contribution is 9.09. The van der Waals surface area contributed by atoms with Gasteiger partial charge in [-0.25, -0.2) is 4.79 Å². The van der Waals surface area contributed by atoms with Crippen molar-refractivity contribution in [1.29, 1.82) is 0 Å². The number of ether oxygens (including phenoxy) is 2. The van der Waals surface area contributed by atoms with Crippen LogP contribution in [0, 0.1) is 0 Å². The van der Waals surface area contributed by atoms with E-state index < -0.39 is 0 Å². The summed E-state index contributed by atoms with van der Waals surface area (Å²) in [5.41, 5.74) is 1.44. The van der Waals surface area contributed by atoms with E-state index in [0.29, 0.717) is 17.9 Å². The number of esters is 1. The quantitative estimate of drug-likeness (QED) is 0.629. The number of halogens is 1. The van der Waals surface area contributed by atoms with Crippen molar-refractivity contribution in [2.75, 3.05) is 13.7 Å². The average molecular weight is 287 g/mol. The van der Waals surface area contributed by atoms with Crippen LogP contribution in [0.4, 0.5) is 0 Å². The number of methoxy groups -OCH3 is 1. The van der Waals surface area contributed by atoms with Crippen molar-refractivity contribution < 1.29 is 14.3 Å². The van der Waals surface area contributed by atoms with Crippen molar-refractivity contribution in [2.24, 2.45) is 0 Å². The van der Waals surface area contributed by atoms with E-state index in [-0.39, 0.29) is 10.8 Å². The van der Waals surface area contributed by atoms with E-state index in [1.807, 2.05) is 26.0 Å². The van der Waals surface area contributed by atoms with Gasteiger partial charge in [0.1, 0.15) is 5.75 Å². The molecule has 1 aromatic rings. The fourth-order valence-electron chi connectivity index (χ4n) is 1.43. The van der Waals surface area contributed by atoms with Gasteiger partial charge in [-0.1, -0.05) is 22.0 Å².